The van der Waals surface area contributed by atoms with Gasteiger partial charge in [-0.25, -0.2) is 4.79 Å². The minimum atomic E-state index is -0.711. The van der Waals surface area contributed by atoms with Gasteiger partial charge >= 0.3 is 5.97 Å². The number of aromatic nitrogens is 3. The van der Waals surface area contributed by atoms with E-state index in [0.717, 1.165) is 16.8 Å². The molecule has 0 spiro atoms. The van der Waals surface area contributed by atoms with E-state index in [-0.39, 0.29) is 11.5 Å². The van der Waals surface area contributed by atoms with E-state index in [1.165, 1.54) is 25.1 Å². The Bertz CT molecular complexity index is 1100. The second-order valence-electron chi connectivity index (χ2n) is 6.78. The van der Waals surface area contributed by atoms with Crippen molar-refractivity contribution in [2.45, 2.75) is 20.8 Å². The van der Waals surface area contributed by atoms with Crippen LogP contribution in [0.3, 0.4) is 0 Å². The maximum absolute atomic E-state index is 12.5. The summed E-state index contributed by atoms with van der Waals surface area (Å²) >= 11 is 0. The average molecular weight is 409 g/mol. The molecule has 3 aromatic rings. The minimum absolute atomic E-state index is 0.0649. The summed E-state index contributed by atoms with van der Waals surface area (Å²) in [5.74, 6) is -0.160. The van der Waals surface area contributed by atoms with Crippen LogP contribution in [0.4, 0.5) is 0 Å². The Kier molecular flexibility index (Phi) is 6.15. The molecule has 0 amide bonds. The topological polar surface area (TPSA) is 92.5 Å². The van der Waals surface area contributed by atoms with E-state index in [1.54, 1.807) is 19.1 Å². The van der Waals surface area contributed by atoms with Crippen molar-refractivity contribution in [2.75, 3.05) is 20.8 Å². The molecule has 156 valence electrons. The third-order valence-electron chi connectivity index (χ3n) is 4.58. The van der Waals surface area contributed by atoms with Gasteiger partial charge in [0, 0.05) is 5.56 Å². The molecule has 0 fully saturated rings. The number of ether oxygens (including phenoxy) is 3. The summed E-state index contributed by atoms with van der Waals surface area (Å²) in [4.78, 5) is 26.3. The highest BCUT2D eigenvalue weighted by atomic mass is 16.5. The normalized spacial score (nSPS) is 10.6. The molecule has 1 heterocycles. The van der Waals surface area contributed by atoms with Gasteiger partial charge in [-0.1, -0.05) is 17.7 Å². The summed E-state index contributed by atoms with van der Waals surface area (Å²) in [5.41, 5.74) is 3.69. The van der Waals surface area contributed by atoms with Gasteiger partial charge in [0.15, 0.2) is 29.6 Å². The molecule has 30 heavy (non-hydrogen) atoms. The smallest absolute Gasteiger partial charge is 0.361 e. The van der Waals surface area contributed by atoms with Crippen molar-refractivity contribution < 1.29 is 23.8 Å². The summed E-state index contributed by atoms with van der Waals surface area (Å²) in [5, 5.41) is 8.56. The van der Waals surface area contributed by atoms with E-state index in [4.69, 9.17) is 14.2 Å². The van der Waals surface area contributed by atoms with Gasteiger partial charge in [0.05, 0.1) is 25.6 Å². The molecule has 0 unspecified atom stereocenters. The summed E-state index contributed by atoms with van der Waals surface area (Å²) in [6, 6.07) is 10.6. The number of methoxy groups -OCH3 is 2. The molecule has 0 radical (unpaired) electrons. The number of hydrogen-bond donors (Lipinski definition) is 0. The van der Waals surface area contributed by atoms with Gasteiger partial charge in [0.2, 0.25) is 0 Å². The summed E-state index contributed by atoms with van der Waals surface area (Å²) in [7, 11) is 2.99. The Hall–Kier alpha value is -3.68. The second-order valence-corrected chi connectivity index (χ2v) is 6.78. The first kappa shape index (κ1) is 21.0. The standard InChI is InChI=1S/C22H23N3O5/c1-13-6-8-17(14(2)10-13)25-23-15(3)21(24-25)22(27)30-12-18(26)16-7-9-19(28-4)20(11-16)29-5/h6-11H,12H2,1-5H3. The number of ketones is 1. The molecule has 0 N–H and O–H groups in total. The summed E-state index contributed by atoms with van der Waals surface area (Å²) in [6.45, 7) is 5.18. The van der Waals surface area contributed by atoms with Crippen LogP contribution in [-0.2, 0) is 4.74 Å². The molecule has 2 aromatic carbocycles. The Morgan fingerprint density at radius 1 is 0.933 bits per heavy atom. The third-order valence-corrected chi connectivity index (χ3v) is 4.58. The molecule has 3 rings (SSSR count). The molecule has 1 aromatic heterocycles. The maximum atomic E-state index is 12.5. The molecule has 8 nitrogen and oxygen atoms in total. The van der Waals surface area contributed by atoms with Gasteiger partial charge < -0.3 is 14.2 Å². The van der Waals surface area contributed by atoms with Crippen LogP contribution in [0.15, 0.2) is 36.4 Å². The molecule has 0 aliphatic carbocycles. The number of carbonyl (C=O) groups excluding carboxylic acids is 2. The van der Waals surface area contributed by atoms with Crippen molar-refractivity contribution in [3.63, 3.8) is 0 Å². The zero-order valence-corrected chi connectivity index (χ0v) is 17.6. The van der Waals surface area contributed by atoms with Gasteiger partial charge in [-0.05, 0) is 50.6 Å². The van der Waals surface area contributed by atoms with Gasteiger partial charge in [-0.15, -0.1) is 5.10 Å². The molecule has 0 saturated heterocycles. The van der Waals surface area contributed by atoms with Crippen molar-refractivity contribution in [2.24, 2.45) is 0 Å². The Labute approximate surface area is 174 Å². The van der Waals surface area contributed by atoms with Crippen LogP contribution in [0.5, 0.6) is 11.5 Å². The van der Waals surface area contributed by atoms with E-state index >= 15 is 0 Å². The largest absolute Gasteiger partial charge is 0.493 e. The quantitative estimate of drug-likeness (QED) is 0.437. The van der Waals surface area contributed by atoms with Crippen LogP contribution in [0.25, 0.3) is 5.69 Å². The highest BCUT2D eigenvalue weighted by Crippen LogP contribution is 2.27. The molecule has 0 aliphatic heterocycles. The van der Waals surface area contributed by atoms with Gasteiger partial charge in [-0.3, -0.25) is 4.79 Å². The number of benzene rings is 2. The fourth-order valence-electron chi connectivity index (χ4n) is 3.00. The molecule has 0 aliphatic rings. The number of hydrogen-bond acceptors (Lipinski definition) is 7. The highest BCUT2D eigenvalue weighted by molar-refractivity contribution is 5.99. The number of aryl methyl sites for hydroxylation is 3. The third kappa shape index (κ3) is 4.32. The van der Waals surface area contributed by atoms with Crippen LogP contribution in [0, 0.1) is 20.8 Å². The van der Waals surface area contributed by atoms with Crippen molar-refractivity contribution in [1.29, 1.82) is 0 Å². The van der Waals surface area contributed by atoms with Gasteiger partial charge in [0.1, 0.15) is 0 Å². The first-order valence-electron chi connectivity index (χ1n) is 9.28. The summed E-state index contributed by atoms with van der Waals surface area (Å²) < 4.78 is 15.5. The lowest BCUT2D eigenvalue weighted by Crippen LogP contribution is -2.15. The zero-order valence-electron chi connectivity index (χ0n) is 17.6. The van der Waals surface area contributed by atoms with Gasteiger partial charge in [-0.2, -0.15) is 9.90 Å². The van der Waals surface area contributed by atoms with E-state index in [0.29, 0.717) is 22.8 Å². The Morgan fingerprint density at radius 2 is 1.67 bits per heavy atom. The molecule has 8 heteroatoms. The SMILES string of the molecule is COc1ccc(C(=O)COC(=O)c2nn(-c3ccc(C)cc3C)nc2C)cc1OC. The zero-order chi connectivity index (χ0) is 21.8. The van der Waals surface area contributed by atoms with Crippen molar-refractivity contribution in [3.05, 3.63) is 64.5 Å². The van der Waals surface area contributed by atoms with Crippen LogP contribution < -0.4 is 9.47 Å². The first-order valence-corrected chi connectivity index (χ1v) is 9.28. The lowest BCUT2D eigenvalue weighted by atomic mass is 10.1. The minimum Gasteiger partial charge on any atom is -0.493 e. The van der Waals surface area contributed by atoms with E-state index in [9.17, 15) is 9.59 Å². The lowest BCUT2D eigenvalue weighted by molar-refractivity contribution is 0.0467. The highest BCUT2D eigenvalue weighted by Gasteiger charge is 2.20. The van der Waals surface area contributed by atoms with E-state index in [2.05, 4.69) is 10.2 Å². The Balaban J connectivity index is 1.72. The molecular formula is C22H23N3O5. The number of carbonyl (C=O) groups is 2. The van der Waals surface area contributed by atoms with Crippen molar-refractivity contribution in [1.82, 2.24) is 15.0 Å². The number of nitrogens with zero attached hydrogens (tertiary/aromatic N) is 3. The van der Waals surface area contributed by atoms with Crippen LogP contribution in [0.1, 0.15) is 37.7 Å². The fourth-order valence-corrected chi connectivity index (χ4v) is 3.00. The predicted octanol–water partition coefficient (Wildman–Crippen LogP) is 3.25. The molecule has 0 saturated carbocycles. The lowest BCUT2D eigenvalue weighted by Gasteiger charge is -2.09. The maximum Gasteiger partial charge on any atom is 0.361 e. The first-order chi connectivity index (χ1) is 14.3. The van der Waals surface area contributed by atoms with E-state index in [1.807, 2.05) is 32.0 Å². The Morgan fingerprint density at radius 3 is 2.33 bits per heavy atom. The van der Waals surface area contributed by atoms with Crippen LogP contribution in [0.2, 0.25) is 0 Å². The average Bonchev–Trinajstić information content (AvgIpc) is 3.12. The monoisotopic (exact) mass is 409 g/mol. The fraction of sp³-hybridized carbons (Fsp3) is 0.273. The molecule has 0 atom stereocenters. The summed E-state index contributed by atoms with van der Waals surface area (Å²) in [6.07, 6.45) is 0. The number of esters is 1. The van der Waals surface area contributed by atoms with Crippen LogP contribution >= 0.6 is 0 Å². The van der Waals surface area contributed by atoms with Gasteiger partial charge in [0.25, 0.3) is 0 Å². The number of Topliss-reactive ketones (excluding diaryl/α,β-unsaturated/α-hetero) is 1. The number of rotatable bonds is 7. The van der Waals surface area contributed by atoms with Crippen LogP contribution in [-0.4, -0.2) is 47.6 Å². The van der Waals surface area contributed by atoms with Crippen molar-refractivity contribution in [3.8, 4) is 17.2 Å². The van der Waals surface area contributed by atoms with Crippen molar-refractivity contribution >= 4 is 11.8 Å². The molecular weight excluding hydrogens is 386 g/mol. The second kappa shape index (κ2) is 8.77. The molecule has 0 bridgehead atoms. The predicted molar refractivity (Wildman–Crippen MR) is 110 cm³/mol. The van der Waals surface area contributed by atoms with E-state index < -0.39 is 12.6 Å².